The Morgan fingerprint density at radius 2 is 2.10 bits per heavy atom. The van der Waals surface area contributed by atoms with Gasteiger partial charge in [-0.3, -0.25) is 9.59 Å². The molecule has 3 rings (SSSR count). The number of nitrogens with one attached hydrogen (secondary N) is 2. The minimum absolute atomic E-state index is 0.0145. The molecular formula is C24H32FN3O3. The Balaban J connectivity index is 1.64. The fraction of sp³-hybridized carbons (Fsp3) is 0.542. The lowest BCUT2D eigenvalue weighted by Gasteiger charge is -2.37. The number of H-pyrrole nitrogens is 1. The van der Waals surface area contributed by atoms with Crippen LogP contribution in [0.2, 0.25) is 0 Å². The molecule has 0 aliphatic heterocycles. The van der Waals surface area contributed by atoms with E-state index < -0.39 is 5.97 Å². The quantitative estimate of drug-likeness (QED) is 0.513. The molecule has 0 fully saturated rings. The fourth-order valence-electron chi connectivity index (χ4n) is 4.59. The van der Waals surface area contributed by atoms with Gasteiger partial charge in [-0.25, -0.2) is 9.37 Å². The number of allylic oxidation sites excluding steroid dienone is 1. The lowest BCUT2D eigenvalue weighted by molar-refractivity contribution is -0.137. The normalized spacial score (nSPS) is 21.3. The van der Waals surface area contributed by atoms with E-state index in [1.54, 1.807) is 6.07 Å². The molecule has 1 heterocycles. The average Bonchev–Trinajstić information content (AvgIpc) is 3.08. The SMILES string of the molecule is CC1=CC(CNC(=O)CCCC(=O)O)C(C(C)C)CC1Cc1nc2ccc(F)cc2[nH]1. The summed E-state index contributed by atoms with van der Waals surface area (Å²) >= 11 is 0. The van der Waals surface area contributed by atoms with E-state index in [-0.39, 0.29) is 30.5 Å². The van der Waals surface area contributed by atoms with Gasteiger partial charge in [-0.15, -0.1) is 0 Å². The van der Waals surface area contributed by atoms with Crippen LogP contribution in [0.25, 0.3) is 11.0 Å². The molecule has 0 saturated carbocycles. The largest absolute Gasteiger partial charge is 0.481 e. The van der Waals surface area contributed by atoms with Crippen LogP contribution in [-0.2, 0) is 16.0 Å². The van der Waals surface area contributed by atoms with Crippen molar-refractivity contribution in [2.45, 2.75) is 52.9 Å². The molecule has 1 aliphatic carbocycles. The number of hydrogen-bond donors (Lipinski definition) is 3. The van der Waals surface area contributed by atoms with Crippen LogP contribution in [0.3, 0.4) is 0 Å². The first-order valence-corrected chi connectivity index (χ1v) is 11.0. The number of carboxylic acid groups (broad SMARTS) is 1. The summed E-state index contributed by atoms with van der Waals surface area (Å²) in [5.41, 5.74) is 2.78. The molecule has 3 unspecified atom stereocenters. The highest BCUT2D eigenvalue weighted by atomic mass is 19.1. The molecule has 3 atom stereocenters. The topological polar surface area (TPSA) is 95.1 Å². The third kappa shape index (κ3) is 6.15. The van der Waals surface area contributed by atoms with Crippen LogP contribution in [0.4, 0.5) is 4.39 Å². The van der Waals surface area contributed by atoms with Gasteiger partial charge in [0.15, 0.2) is 0 Å². The lowest BCUT2D eigenvalue weighted by Crippen LogP contribution is -2.37. The van der Waals surface area contributed by atoms with E-state index in [0.717, 1.165) is 29.7 Å². The lowest BCUT2D eigenvalue weighted by atomic mass is 9.69. The molecule has 3 N–H and O–H groups in total. The van der Waals surface area contributed by atoms with Gasteiger partial charge in [0, 0.05) is 25.8 Å². The number of halogens is 1. The third-order valence-electron chi connectivity index (χ3n) is 6.35. The minimum atomic E-state index is -0.876. The zero-order valence-electron chi connectivity index (χ0n) is 18.5. The number of carboxylic acids is 1. The molecule has 1 aromatic heterocycles. The van der Waals surface area contributed by atoms with Gasteiger partial charge in [0.25, 0.3) is 0 Å². The molecule has 7 heteroatoms. The van der Waals surface area contributed by atoms with Crippen LogP contribution in [0.5, 0.6) is 0 Å². The molecule has 0 bridgehead atoms. The number of fused-ring (bicyclic) bond motifs is 1. The molecule has 0 saturated heterocycles. The molecule has 2 aromatic rings. The summed E-state index contributed by atoms with van der Waals surface area (Å²) in [7, 11) is 0. The predicted molar refractivity (Wildman–Crippen MR) is 118 cm³/mol. The number of nitrogens with zero attached hydrogens (tertiary/aromatic N) is 1. The van der Waals surface area contributed by atoms with Gasteiger partial charge >= 0.3 is 5.97 Å². The number of aromatic nitrogens is 2. The first kappa shape index (κ1) is 23.0. The molecule has 1 amide bonds. The summed E-state index contributed by atoms with van der Waals surface area (Å²) in [6, 6.07) is 4.59. The van der Waals surface area contributed by atoms with E-state index >= 15 is 0 Å². The van der Waals surface area contributed by atoms with E-state index in [1.165, 1.54) is 17.7 Å². The first-order chi connectivity index (χ1) is 14.7. The summed E-state index contributed by atoms with van der Waals surface area (Å²) in [6.45, 7) is 7.12. The maximum absolute atomic E-state index is 13.5. The van der Waals surface area contributed by atoms with E-state index in [4.69, 9.17) is 5.11 Å². The van der Waals surface area contributed by atoms with Crippen LogP contribution >= 0.6 is 0 Å². The Bertz CT molecular complexity index is 966. The van der Waals surface area contributed by atoms with Crippen LogP contribution in [0, 0.1) is 29.5 Å². The number of benzene rings is 1. The Morgan fingerprint density at radius 1 is 1.32 bits per heavy atom. The van der Waals surface area contributed by atoms with Crippen molar-refractivity contribution >= 4 is 22.9 Å². The number of carbonyl (C=O) groups is 2. The van der Waals surface area contributed by atoms with Crippen LogP contribution < -0.4 is 5.32 Å². The first-order valence-electron chi connectivity index (χ1n) is 11.0. The molecular weight excluding hydrogens is 397 g/mol. The predicted octanol–water partition coefficient (Wildman–Crippen LogP) is 4.47. The molecule has 1 aromatic carbocycles. The maximum Gasteiger partial charge on any atom is 0.303 e. The molecule has 0 radical (unpaired) electrons. The fourth-order valence-corrected chi connectivity index (χ4v) is 4.59. The number of aliphatic carboxylic acids is 1. The number of carbonyl (C=O) groups excluding carboxylic acids is 1. The molecule has 168 valence electrons. The second kappa shape index (κ2) is 10.1. The van der Waals surface area contributed by atoms with Gasteiger partial charge < -0.3 is 15.4 Å². The van der Waals surface area contributed by atoms with E-state index in [0.29, 0.717) is 30.7 Å². The van der Waals surface area contributed by atoms with Gasteiger partial charge in [-0.1, -0.05) is 25.5 Å². The average molecular weight is 430 g/mol. The van der Waals surface area contributed by atoms with E-state index in [1.807, 2.05) is 0 Å². The third-order valence-corrected chi connectivity index (χ3v) is 6.35. The van der Waals surface area contributed by atoms with E-state index in [9.17, 15) is 14.0 Å². The van der Waals surface area contributed by atoms with Gasteiger partial charge in [0.2, 0.25) is 5.91 Å². The van der Waals surface area contributed by atoms with Crippen molar-refractivity contribution in [3.8, 4) is 0 Å². The summed E-state index contributed by atoms with van der Waals surface area (Å²) in [4.78, 5) is 30.6. The number of rotatable bonds is 9. The highest BCUT2D eigenvalue weighted by Crippen LogP contribution is 2.38. The van der Waals surface area contributed by atoms with Crippen LogP contribution in [0.1, 0.15) is 52.3 Å². The summed E-state index contributed by atoms with van der Waals surface area (Å²) in [5.74, 6) is 1.12. The molecule has 0 spiro atoms. The summed E-state index contributed by atoms with van der Waals surface area (Å²) in [5, 5.41) is 11.7. The molecule has 6 nitrogen and oxygen atoms in total. The number of aromatic amines is 1. The number of hydrogen-bond acceptors (Lipinski definition) is 3. The second-order valence-corrected chi connectivity index (χ2v) is 9.02. The van der Waals surface area contributed by atoms with Crippen LogP contribution in [-0.4, -0.2) is 33.5 Å². The Kier molecular flexibility index (Phi) is 7.46. The van der Waals surface area contributed by atoms with Crippen molar-refractivity contribution in [3.63, 3.8) is 0 Å². The van der Waals surface area contributed by atoms with Gasteiger partial charge in [-0.2, -0.15) is 0 Å². The van der Waals surface area contributed by atoms with Crippen molar-refractivity contribution in [1.29, 1.82) is 0 Å². The Labute approximate surface area is 182 Å². The maximum atomic E-state index is 13.5. The van der Waals surface area contributed by atoms with Gasteiger partial charge in [0.05, 0.1) is 11.0 Å². The molecule has 1 aliphatic rings. The zero-order valence-corrected chi connectivity index (χ0v) is 18.5. The van der Waals surface area contributed by atoms with Crippen molar-refractivity contribution in [2.75, 3.05) is 6.54 Å². The summed E-state index contributed by atoms with van der Waals surface area (Å²) < 4.78 is 13.5. The molecule has 31 heavy (non-hydrogen) atoms. The second-order valence-electron chi connectivity index (χ2n) is 9.02. The highest BCUT2D eigenvalue weighted by Gasteiger charge is 2.32. The standard InChI is InChI=1S/C24H32FN3O3/c1-14(2)19-10-16(11-22-27-20-8-7-18(25)12-21(20)28-22)15(3)9-17(19)13-26-23(29)5-4-6-24(30)31/h7-9,12,14,16-17,19H,4-6,10-11,13H2,1-3H3,(H,26,29)(H,27,28)(H,30,31). The van der Waals surface area contributed by atoms with Crippen molar-refractivity contribution in [2.24, 2.45) is 23.7 Å². The van der Waals surface area contributed by atoms with Crippen molar-refractivity contribution < 1.29 is 19.1 Å². The Hall–Kier alpha value is -2.70. The van der Waals surface area contributed by atoms with Crippen molar-refractivity contribution in [3.05, 3.63) is 41.5 Å². The summed E-state index contributed by atoms with van der Waals surface area (Å²) in [6.07, 6.45) is 4.67. The monoisotopic (exact) mass is 429 g/mol. The van der Waals surface area contributed by atoms with Gasteiger partial charge in [-0.05, 0) is 61.6 Å². The smallest absolute Gasteiger partial charge is 0.303 e. The minimum Gasteiger partial charge on any atom is -0.481 e. The van der Waals surface area contributed by atoms with Crippen LogP contribution in [0.15, 0.2) is 29.8 Å². The highest BCUT2D eigenvalue weighted by molar-refractivity contribution is 5.76. The van der Waals surface area contributed by atoms with Gasteiger partial charge in [0.1, 0.15) is 11.6 Å². The zero-order chi connectivity index (χ0) is 22.5. The van der Waals surface area contributed by atoms with Crippen molar-refractivity contribution in [1.82, 2.24) is 15.3 Å². The number of imidazole rings is 1. The number of amides is 1. The Morgan fingerprint density at radius 3 is 2.81 bits per heavy atom. The van der Waals surface area contributed by atoms with E-state index in [2.05, 4.69) is 42.1 Å².